The Hall–Kier alpha value is -2.01. The quantitative estimate of drug-likeness (QED) is 0.788. The second kappa shape index (κ2) is 5.55. The number of carbonyl (C=O) groups excluding carboxylic acids is 1. The van der Waals surface area contributed by atoms with Crippen molar-refractivity contribution >= 4 is 17.5 Å². The molecule has 1 aromatic carbocycles. The Bertz CT molecular complexity index is 540. The Morgan fingerprint density at radius 3 is 3.00 bits per heavy atom. The number of nitrogens with one attached hydrogen (secondary N) is 2. The van der Waals surface area contributed by atoms with Crippen LogP contribution >= 0.6 is 11.6 Å². The van der Waals surface area contributed by atoms with Crippen LogP contribution in [0.15, 0.2) is 30.6 Å². The normalized spacial score (nSPS) is 10.3. The average molecular weight is 266 g/mol. The maximum Gasteiger partial charge on any atom is 0.251 e. The predicted octanol–water partition coefficient (Wildman–Crippen LogP) is 1.74. The third-order valence-corrected chi connectivity index (χ3v) is 2.71. The fraction of sp³-hybridized carbons (Fsp3) is 0.167. The highest BCUT2D eigenvalue weighted by molar-refractivity contribution is 6.32. The van der Waals surface area contributed by atoms with Gasteiger partial charge in [0.15, 0.2) is 0 Å². The lowest BCUT2D eigenvalue weighted by Crippen LogP contribution is -2.25. The molecule has 0 aliphatic carbocycles. The number of amides is 1. The number of benzene rings is 1. The number of hydrogen-bond acceptors (Lipinski definition) is 3. The van der Waals surface area contributed by atoms with Gasteiger partial charge in [-0.15, -0.1) is 0 Å². The highest BCUT2D eigenvalue weighted by atomic mass is 35.5. The topological polar surface area (TPSA) is 78.0 Å². The van der Waals surface area contributed by atoms with Gasteiger partial charge in [0.1, 0.15) is 11.6 Å². The summed E-state index contributed by atoms with van der Waals surface area (Å²) in [5, 5.41) is 12.2. The molecule has 1 amide bonds. The van der Waals surface area contributed by atoms with E-state index in [1.807, 2.05) is 0 Å². The maximum atomic E-state index is 11.8. The molecule has 0 aliphatic rings. The molecule has 0 unspecified atom stereocenters. The molecule has 0 aliphatic heterocycles. The molecule has 6 heteroatoms. The summed E-state index contributed by atoms with van der Waals surface area (Å²) in [4.78, 5) is 18.8. The van der Waals surface area contributed by atoms with Crippen molar-refractivity contribution in [2.45, 2.75) is 6.42 Å². The first kappa shape index (κ1) is 12.4. The van der Waals surface area contributed by atoms with E-state index in [9.17, 15) is 9.90 Å². The summed E-state index contributed by atoms with van der Waals surface area (Å²) in [5.74, 6) is 0.547. The summed E-state index contributed by atoms with van der Waals surface area (Å²) in [7, 11) is 0. The molecule has 2 aromatic rings. The molecule has 94 valence electrons. The fourth-order valence-electron chi connectivity index (χ4n) is 1.48. The van der Waals surface area contributed by atoms with Crippen molar-refractivity contribution in [2.24, 2.45) is 0 Å². The first-order valence-corrected chi connectivity index (χ1v) is 5.79. The summed E-state index contributed by atoms with van der Waals surface area (Å²) < 4.78 is 0. The minimum absolute atomic E-state index is 0.0381. The van der Waals surface area contributed by atoms with E-state index in [4.69, 9.17) is 11.6 Å². The second-order valence-electron chi connectivity index (χ2n) is 3.71. The Kier molecular flexibility index (Phi) is 3.84. The summed E-state index contributed by atoms with van der Waals surface area (Å²) >= 11 is 5.73. The zero-order valence-electron chi connectivity index (χ0n) is 9.48. The number of rotatable bonds is 4. The van der Waals surface area contributed by atoms with Crippen LogP contribution in [0.5, 0.6) is 5.75 Å². The van der Waals surface area contributed by atoms with Crippen molar-refractivity contribution in [1.29, 1.82) is 0 Å². The van der Waals surface area contributed by atoms with Crippen molar-refractivity contribution in [1.82, 2.24) is 15.3 Å². The Balaban J connectivity index is 1.89. The molecule has 1 aromatic heterocycles. The van der Waals surface area contributed by atoms with Crippen molar-refractivity contribution in [3.63, 3.8) is 0 Å². The fourth-order valence-corrected chi connectivity index (χ4v) is 1.66. The van der Waals surface area contributed by atoms with Crippen LogP contribution in [0.4, 0.5) is 0 Å². The molecule has 0 bridgehead atoms. The Morgan fingerprint density at radius 2 is 2.33 bits per heavy atom. The third kappa shape index (κ3) is 3.01. The molecule has 0 saturated heterocycles. The van der Waals surface area contributed by atoms with E-state index in [2.05, 4.69) is 15.3 Å². The van der Waals surface area contributed by atoms with E-state index >= 15 is 0 Å². The van der Waals surface area contributed by atoms with Crippen molar-refractivity contribution in [3.8, 4) is 5.75 Å². The van der Waals surface area contributed by atoms with E-state index in [0.29, 0.717) is 18.5 Å². The van der Waals surface area contributed by atoms with Crippen LogP contribution in [0.3, 0.4) is 0 Å². The molecule has 5 nitrogen and oxygen atoms in total. The highest BCUT2D eigenvalue weighted by Crippen LogP contribution is 2.23. The molecule has 0 atom stereocenters. The highest BCUT2D eigenvalue weighted by Gasteiger charge is 2.07. The number of nitrogens with zero attached hydrogens (tertiary/aromatic N) is 1. The molecule has 18 heavy (non-hydrogen) atoms. The van der Waals surface area contributed by atoms with Crippen LogP contribution in [-0.4, -0.2) is 27.5 Å². The third-order valence-electron chi connectivity index (χ3n) is 2.41. The van der Waals surface area contributed by atoms with E-state index in [0.717, 1.165) is 5.82 Å². The number of aromatic nitrogens is 2. The molecular weight excluding hydrogens is 254 g/mol. The SMILES string of the molecule is O=C(NCCc1ncc[nH]1)c1ccc(O)c(Cl)c1. The van der Waals surface area contributed by atoms with Crippen LogP contribution in [0.2, 0.25) is 5.02 Å². The summed E-state index contributed by atoms with van der Waals surface area (Å²) in [6, 6.07) is 4.34. The van der Waals surface area contributed by atoms with Gasteiger partial charge in [-0.1, -0.05) is 11.6 Å². The number of phenols is 1. The number of H-pyrrole nitrogens is 1. The van der Waals surface area contributed by atoms with E-state index in [1.54, 1.807) is 12.4 Å². The molecule has 0 spiro atoms. The van der Waals surface area contributed by atoms with Gasteiger partial charge in [-0.05, 0) is 18.2 Å². The minimum atomic E-state index is -0.233. The summed E-state index contributed by atoms with van der Waals surface area (Å²) in [5.41, 5.74) is 0.414. The first-order valence-electron chi connectivity index (χ1n) is 5.42. The number of imidazole rings is 1. The van der Waals surface area contributed by atoms with E-state index < -0.39 is 0 Å². The minimum Gasteiger partial charge on any atom is -0.506 e. The number of carbonyl (C=O) groups is 1. The molecule has 2 rings (SSSR count). The largest absolute Gasteiger partial charge is 0.506 e. The number of aromatic hydroxyl groups is 1. The van der Waals surface area contributed by atoms with Gasteiger partial charge in [0.25, 0.3) is 5.91 Å². The maximum absolute atomic E-state index is 11.8. The Morgan fingerprint density at radius 1 is 1.50 bits per heavy atom. The van der Waals surface area contributed by atoms with Crippen LogP contribution in [-0.2, 0) is 6.42 Å². The monoisotopic (exact) mass is 265 g/mol. The van der Waals surface area contributed by atoms with Gasteiger partial charge >= 0.3 is 0 Å². The standard InChI is InChI=1S/C12H12ClN3O2/c13-9-7-8(1-2-10(9)17)12(18)16-4-3-11-14-5-6-15-11/h1-2,5-7,17H,3-4H2,(H,14,15)(H,16,18). The number of halogens is 1. The van der Waals surface area contributed by atoms with Crippen LogP contribution in [0.25, 0.3) is 0 Å². The van der Waals surface area contributed by atoms with Crippen LogP contribution in [0.1, 0.15) is 16.2 Å². The summed E-state index contributed by atoms with van der Waals surface area (Å²) in [6.07, 6.45) is 4.03. The van der Waals surface area contributed by atoms with Gasteiger partial charge in [0, 0.05) is 30.9 Å². The second-order valence-corrected chi connectivity index (χ2v) is 4.12. The van der Waals surface area contributed by atoms with Gasteiger partial charge in [0.2, 0.25) is 0 Å². The lowest BCUT2D eigenvalue weighted by Gasteiger charge is -2.05. The molecule has 3 N–H and O–H groups in total. The van der Waals surface area contributed by atoms with Gasteiger partial charge in [-0.3, -0.25) is 4.79 Å². The van der Waals surface area contributed by atoms with Gasteiger partial charge in [-0.25, -0.2) is 4.98 Å². The van der Waals surface area contributed by atoms with E-state index in [-0.39, 0.29) is 16.7 Å². The average Bonchev–Trinajstić information content (AvgIpc) is 2.85. The lowest BCUT2D eigenvalue weighted by molar-refractivity contribution is 0.0954. The molecule has 1 heterocycles. The molecule has 0 fully saturated rings. The van der Waals surface area contributed by atoms with Gasteiger partial charge < -0.3 is 15.4 Å². The first-order chi connectivity index (χ1) is 8.66. The van der Waals surface area contributed by atoms with Gasteiger partial charge in [-0.2, -0.15) is 0 Å². The van der Waals surface area contributed by atoms with Crippen LogP contribution in [0, 0.1) is 0 Å². The molecule has 0 saturated carbocycles. The van der Waals surface area contributed by atoms with E-state index in [1.165, 1.54) is 18.2 Å². The molecule has 0 radical (unpaired) electrons. The van der Waals surface area contributed by atoms with Crippen LogP contribution < -0.4 is 5.32 Å². The van der Waals surface area contributed by atoms with Gasteiger partial charge in [0.05, 0.1) is 5.02 Å². The smallest absolute Gasteiger partial charge is 0.251 e. The lowest BCUT2D eigenvalue weighted by atomic mass is 10.2. The predicted molar refractivity (Wildman–Crippen MR) is 67.7 cm³/mol. The zero-order chi connectivity index (χ0) is 13.0. The number of phenolic OH excluding ortho intramolecular Hbond substituents is 1. The zero-order valence-corrected chi connectivity index (χ0v) is 10.2. The summed E-state index contributed by atoms with van der Waals surface area (Å²) in [6.45, 7) is 0.477. The van der Waals surface area contributed by atoms with Crippen molar-refractivity contribution < 1.29 is 9.90 Å². The molecular formula is C12H12ClN3O2. The number of aromatic amines is 1. The van der Waals surface area contributed by atoms with Crippen molar-refractivity contribution in [2.75, 3.05) is 6.54 Å². The Labute approximate surface area is 109 Å². The number of hydrogen-bond donors (Lipinski definition) is 3. The van der Waals surface area contributed by atoms with Crippen molar-refractivity contribution in [3.05, 3.63) is 47.0 Å².